The van der Waals surface area contributed by atoms with Crippen LogP contribution >= 0.6 is 22.6 Å². The molecule has 1 amide bonds. The Hall–Kier alpha value is -0.690. The van der Waals surface area contributed by atoms with E-state index in [1.165, 1.54) is 12.1 Å². The summed E-state index contributed by atoms with van der Waals surface area (Å²) in [6.07, 6.45) is 1.64. The molecule has 3 nitrogen and oxygen atoms in total. The molecule has 1 aromatic rings. The van der Waals surface area contributed by atoms with E-state index in [-0.39, 0.29) is 17.8 Å². The molecule has 1 aliphatic heterocycles. The molecule has 0 aliphatic carbocycles. The van der Waals surface area contributed by atoms with E-state index in [0.29, 0.717) is 18.8 Å². The fraction of sp³-hybridized carbons (Fsp3) is 0.417. The van der Waals surface area contributed by atoms with Crippen LogP contribution in [0.25, 0.3) is 0 Å². The van der Waals surface area contributed by atoms with Crippen LogP contribution in [0.1, 0.15) is 23.2 Å². The fourth-order valence-electron chi connectivity index (χ4n) is 1.80. The van der Waals surface area contributed by atoms with Crippen LogP contribution in [0, 0.1) is 9.39 Å². The zero-order chi connectivity index (χ0) is 12.3. The lowest BCUT2D eigenvalue weighted by molar-refractivity contribution is 0.0696. The standard InChI is InChI=1S/C12H13FINO2/c13-9-5-8(6-10(14)7-9)12(16)15-11-1-3-17-4-2-11/h5-7,11H,1-4H2,(H,15,16). The molecule has 1 heterocycles. The molecule has 0 radical (unpaired) electrons. The number of hydrogen-bond donors (Lipinski definition) is 1. The Labute approximate surface area is 113 Å². The number of ether oxygens (including phenoxy) is 1. The zero-order valence-corrected chi connectivity index (χ0v) is 11.4. The van der Waals surface area contributed by atoms with Crippen molar-refractivity contribution >= 4 is 28.5 Å². The minimum Gasteiger partial charge on any atom is -0.381 e. The SMILES string of the molecule is O=C(NC1CCOCC1)c1cc(F)cc(I)c1. The Morgan fingerprint density at radius 2 is 2.06 bits per heavy atom. The van der Waals surface area contributed by atoms with Crippen LogP contribution in [0.5, 0.6) is 0 Å². The van der Waals surface area contributed by atoms with Crippen molar-refractivity contribution in [3.8, 4) is 0 Å². The number of benzene rings is 1. The summed E-state index contributed by atoms with van der Waals surface area (Å²) in [7, 11) is 0. The first-order valence-corrected chi connectivity index (χ1v) is 6.58. The molecule has 1 N–H and O–H groups in total. The second-order valence-corrected chi connectivity index (χ2v) is 5.26. The molecular formula is C12H13FINO2. The molecular weight excluding hydrogens is 336 g/mol. The predicted octanol–water partition coefficient (Wildman–Crippen LogP) is 2.34. The van der Waals surface area contributed by atoms with Gasteiger partial charge < -0.3 is 10.1 Å². The number of amides is 1. The molecule has 0 spiro atoms. The van der Waals surface area contributed by atoms with Crippen molar-refractivity contribution < 1.29 is 13.9 Å². The molecule has 0 bridgehead atoms. The molecule has 0 aromatic heterocycles. The number of nitrogens with one attached hydrogen (secondary N) is 1. The topological polar surface area (TPSA) is 38.3 Å². The summed E-state index contributed by atoms with van der Waals surface area (Å²) in [4.78, 5) is 11.9. The van der Waals surface area contributed by atoms with Gasteiger partial charge in [-0.3, -0.25) is 4.79 Å². The summed E-state index contributed by atoms with van der Waals surface area (Å²) in [5.74, 6) is -0.594. The van der Waals surface area contributed by atoms with E-state index in [9.17, 15) is 9.18 Å². The Balaban J connectivity index is 2.03. The van der Waals surface area contributed by atoms with E-state index >= 15 is 0 Å². The van der Waals surface area contributed by atoms with Gasteiger partial charge in [-0.2, -0.15) is 0 Å². The van der Waals surface area contributed by atoms with E-state index in [4.69, 9.17) is 4.74 Å². The zero-order valence-electron chi connectivity index (χ0n) is 9.21. The van der Waals surface area contributed by atoms with E-state index < -0.39 is 0 Å². The Morgan fingerprint density at radius 3 is 2.71 bits per heavy atom. The summed E-state index contributed by atoms with van der Waals surface area (Å²) in [5.41, 5.74) is 0.376. The van der Waals surface area contributed by atoms with Gasteiger partial charge in [-0.25, -0.2) is 4.39 Å². The summed E-state index contributed by atoms with van der Waals surface area (Å²) in [6, 6.07) is 4.47. The van der Waals surface area contributed by atoms with Crippen molar-refractivity contribution in [2.75, 3.05) is 13.2 Å². The van der Waals surface area contributed by atoms with E-state index in [1.807, 2.05) is 22.6 Å². The maximum atomic E-state index is 13.2. The van der Waals surface area contributed by atoms with Gasteiger partial charge in [-0.1, -0.05) is 0 Å². The van der Waals surface area contributed by atoms with Gasteiger partial charge in [0.15, 0.2) is 0 Å². The van der Waals surface area contributed by atoms with Crippen LogP contribution in [0.15, 0.2) is 18.2 Å². The van der Waals surface area contributed by atoms with Crippen molar-refractivity contribution in [1.82, 2.24) is 5.32 Å². The lowest BCUT2D eigenvalue weighted by atomic mass is 10.1. The molecule has 0 unspecified atom stereocenters. The van der Waals surface area contributed by atoms with Gasteiger partial charge in [0.05, 0.1) is 0 Å². The second-order valence-electron chi connectivity index (χ2n) is 4.02. The maximum Gasteiger partial charge on any atom is 0.251 e. The van der Waals surface area contributed by atoms with Gasteiger partial charge in [-0.05, 0) is 53.6 Å². The first-order chi connectivity index (χ1) is 8.15. The molecule has 0 saturated carbocycles. The minimum absolute atomic E-state index is 0.136. The quantitative estimate of drug-likeness (QED) is 0.833. The smallest absolute Gasteiger partial charge is 0.251 e. The third-order valence-corrected chi connectivity index (χ3v) is 3.30. The van der Waals surface area contributed by atoms with E-state index in [1.54, 1.807) is 6.07 Å². The molecule has 17 heavy (non-hydrogen) atoms. The van der Waals surface area contributed by atoms with Crippen LogP contribution in [0.3, 0.4) is 0 Å². The highest BCUT2D eigenvalue weighted by Gasteiger charge is 2.17. The van der Waals surface area contributed by atoms with Gasteiger partial charge in [0.2, 0.25) is 0 Å². The van der Waals surface area contributed by atoms with E-state index in [2.05, 4.69) is 5.32 Å². The maximum absolute atomic E-state index is 13.2. The number of carbonyl (C=O) groups is 1. The van der Waals surface area contributed by atoms with Gasteiger partial charge in [0.1, 0.15) is 5.82 Å². The fourth-order valence-corrected chi connectivity index (χ4v) is 2.43. The molecule has 5 heteroatoms. The van der Waals surface area contributed by atoms with Crippen molar-refractivity contribution in [1.29, 1.82) is 0 Å². The van der Waals surface area contributed by atoms with Crippen LogP contribution < -0.4 is 5.32 Å². The highest BCUT2D eigenvalue weighted by atomic mass is 127. The lowest BCUT2D eigenvalue weighted by Gasteiger charge is -2.23. The van der Waals surface area contributed by atoms with Gasteiger partial charge in [0, 0.05) is 28.4 Å². The van der Waals surface area contributed by atoms with Crippen LogP contribution in [0.2, 0.25) is 0 Å². The molecule has 1 saturated heterocycles. The predicted molar refractivity (Wildman–Crippen MR) is 70.4 cm³/mol. The molecule has 0 atom stereocenters. The summed E-state index contributed by atoms with van der Waals surface area (Å²) in [5, 5.41) is 2.90. The van der Waals surface area contributed by atoms with Crippen molar-refractivity contribution in [2.24, 2.45) is 0 Å². The number of rotatable bonds is 2. The monoisotopic (exact) mass is 349 g/mol. The molecule has 1 aliphatic rings. The van der Waals surface area contributed by atoms with Crippen molar-refractivity contribution in [2.45, 2.75) is 18.9 Å². The summed E-state index contributed by atoms with van der Waals surface area (Å²) >= 11 is 2.00. The molecule has 2 rings (SSSR count). The lowest BCUT2D eigenvalue weighted by Crippen LogP contribution is -2.38. The largest absolute Gasteiger partial charge is 0.381 e. The van der Waals surface area contributed by atoms with Gasteiger partial charge >= 0.3 is 0 Å². The van der Waals surface area contributed by atoms with Crippen LogP contribution in [-0.2, 0) is 4.74 Å². The summed E-state index contributed by atoms with van der Waals surface area (Å²) in [6.45, 7) is 1.34. The first kappa shape index (κ1) is 12.8. The molecule has 1 aromatic carbocycles. The first-order valence-electron chi connectivity index (χ1n) is 5.50. The normalized spacial score (nSPS) is 16.8. The number of halogens is 2. The second kappa shape index (κ2) is 5.77. The van der Waals surface area contributed by atoms with Crippen LogP contribution in [-0.4, -0.2) is 25.2 Å². The highest BCUT2D eigenvalue weighted by molar-refractivity contribution is 14.1. The molecule has 92 valence electrons. The van der Waals surface area contributed by atoms with Gasteiger partial charge in [-0.15, -0.1) is 0 Å². The minimum atomic E-state index is -0.381. The Morgan fingerprint density at radius 1 is 1.35 bits per heavy atom. The Kier molecular flexibility index (Phi) is 4.33. The average molecular weight is 349 g/mol. The third kappa shape index (κ3) is 3.64. The van der Waals surface area contributed by atoms with Crippen molar-refractivity contribution in [3.63, 3.8) is 0 Å². The van der Waals surface area contributed by atoms with E-state index in [0.717, 1.165) is 16.4 Å². The van der Waals surface area contributed by atoms with Crippen molar-refractivity contribution in [3.05, 3.63) is 33.1 Å². The third-order valence-electron chi connectivity index (χ3n) is 2.68. The van der Waals surface area contributed by atoms with Gasteiger partial charge in [0.25, 0.3) is 5.91 Å². The van der Waals surface area contributed by atoms with Crippen LogP contribution in [0.4, 0.5) is 4.39 Å². The average Bonchev–Trinajstić information content (AvgIpc) is 2.29. The summed E-state index contributed by atoms with van der Waals surface area (Å²) < 4.78 is 19.1. The number of hydrogen-bond acceptors (Lipinski definition) is 2. The molecule has 1 fully saturated rings. The Bertz CT molecular complexity index is 399. The number of carbonyl (C=O) groups excluding carboxylic acids is 1. The highest BCUT2D eigenvalue weighted by Crippen LogP contribution is 2.13.